The summed E-state index contributed by atoms with van der Waals surface area (Å²) in [5.41, 5.74) is 3.33. The molecule has 0 radical (unpaired) electrons. The average molecular weight is 296 g/mol. The highest BCUT2D eigenvalue weighted by atomic mass is 16.3. The van der Waals surface area contributed by atoms with Gasteiger partial charge in [0.25, 0.3) is 0 Å². The van der Waals surface area contributed by atoms with Crippen LogP contribution in [0.1, 0.15) is 29.8 Å². The normalized spacial score (nSPS) is 16.6. The van der Waals surface area contributed by atoms with E-state index in [4.69, 9.17) is 0 Å². The average Bonchev–Trinajstić information content (AvgIpc) is 2.86. The molecule has 1 N–H and O–H groups in total. The number of rotatable bonds is 3. The van der Waals surface area contributed by atoms with Crippen LogP contribution in [-0.4, -0.2) is 39.0 Å². The van der Waals surface area contributed by atoms with Gasteiger partial charge in [-0.2, -0.15) is 10.4 Å². The van der Waals surface area contributed by atoms with Gasteiger partial charge in [0, 0.05) is 19.6 Å². The number of nitrogens with zero attached hydrogens (tertiary/aromatic N) is 4. The smallest absolute Gasteiger partial charge is 0.103 e. The zero-order valence-corrected chi connectivity index (χ0v) is 12.7. The minimum atomic E-state index is -0.188. The van der Waals surface area contributed by atoms with E-state index < -0.39 is 0 Å². The predicted octanol–water partition coefficient (Wildman–Crippen LogP) is 2.01. The Labute approximate surface area is 130 Å². The molecule has 1 aromatic carbocycles. The van der Waals surface area contributed by atoms with E-state index in [1.807, 2.05) is 41.9 Å². The van der Waals surface area contributed by atoms with Crippen molar-refractivity contribution in [2.45, 2.75) is 32.4 Å². The lowest BCUT2D eigenvalue weighted by atomic mass is 10.1. The number of aromatic nitrogens is 2. The Balaban J connectivity index is 1.93. The van der Waals surface area contributed by atoms with Crippen LogP contribution in [0.5, 0.6) is 0 Å². The van der Waals surface area contributed by atoms with E-state index in [1.165, 1.54) is 0 Å². The van der Waals surface area contributed by atoms with Crippen LogP contribution in [-0.2, 0) is 6.54 Å². The number of hydrogen-bond acceptors (Lipinski definition) is 4. The lowest BCUT2D eigenvalue weighted by Gasteiger charge is -2.29. The summed E-state index contributed by atoms with van der Waals surface area (Å²) in [5, 5.41) is 23.7. The largest absolute Gasteiger partial charge is 0.393 e. The minimum absolute atomic E-state index is 0.188. The van der Waals surface area contributed by atoms with Gasteiger partial charge in [-0.05, 0) is 31.9 Å². The Morgan fingerprint density at radius 1 is 1.27 bits per heavy atom. The molecule has 0 atom stereocenters. The SMILES string of the molecule is Cc1nn(-c2ccccc2)c(CN2CCC(O)CC2)c1C#N. The molecule has 0 aliphatic carbocycles. The molecule has 0 saturated carbocycles. The van der Waals surface area contributed by atoms with Crippen LogP contribution in [0.4, 0.5) is 0 Å². The summed E-state index contributed by atoms with van der Waals surface area (Å²) in [6.07, 6.45) is 1.40. The second kappa shape index (κ2) is 6.30. The van der Waals surface area contributed by atoms with E-state index in [1.54, 1.807) is 0 Å². The second-order valence-electron chi connectivity index (χ2n) is 5.77. The van der Waals surface area contributed by atoms with E-state index in [9.17, 15) is 10.4 Å². The number of aliphatic hydroxyl groups is 1. The first-order valence-electron chi connectivity index (χ1n) is 7.63. The van der Waals surface area contributed by atoms with E-state index in [0.717, 1.165) is 43.0 Å². The molecule has 1 aliphatic rings. The van der Waals surface area contributed by atoms with E-state index >= 15 is 0 Å². The van der Waals surface area contributed by atoms with Gasteiger partial charge in [0.2, 0.25) is 0 Å². The monoisotopic (exact) mass is 296 g/mol. The zero-order valence-electron chi connectivity index (χ0n) is 12.7. The molecule has 2 aromatic rings. The second-order valence-corrected chi connectivity index (χ2v) is 5.77. The minimum Gasteiger partial charge on any atom is -0.393 e. The fourth-order valence-electron chi connectivity index (χ4n) is 2.94. The van der Waals surface area contributed by atoms with Crippen molar-refractivity contribution in [2.75, 3.05) is 13.1 Å². The molecule has 1 fully saturated rings. The predicted molar refractivity (Wildman–Crippen MR) is 83.5 cm³/mol. The van der Waals surface area contributed by atoms with Crippen LogP contribution in [0.15, 0.2) is 30.3 Å². The third-order valence-corrected chi connectivity index (χ3v) is 4.20. The molecule has 0 unspecified atom stereocenters. The molecule has 1 saturated heterocycles. The van der Waals surface area contributed by atoms with Gasteiger partial charge in [-0.15, -0.1) is 0 Å². The van der Waals surface area contributed by atoms with Gasteiger partial charge in [0.05, 0.1) is 28.7 Å². The van der Waals surface area contributed by atoms with Gasteiger partial charge < -0.3 is 5.11 Å². The Bertz CT molecular complexity index is 679. The molecule has 0 spiro atoms. The fourth-order valence-corrected chi connectivity index (χ4v) is 2.94. The molecule has 2 heterocycles. The highest BCUT2D eigenvalue weighted by molar-refractivity contribution is 5.43. The van der Waals surface area contributed by atoms with Crippen LogP contribution in [0.2, 0.25) is 0 Å². The fraction of sp³-hybridized carbons (Fsp3) is 0.412. The molecule has 1 aromatic heterocycles. The Kier molecular flexibility index (Phi) is 4.23. The molecule has 0 amide bonds. The number of para-hydroxylation sites is 1. The number of nitriles is 1. The van der Waals surface area contributed by atoms with Gasteiger partial charge in [-0.1, -0.05) is 18.2 Å². The van der Waals surface area contributed by atoms with E-state index in [0.29, 0.717) is 12.1 Å². The van der Waals surface area contributed by atoms with Crippen molar-refractivity contribution < 1.29 is 5.11 Å². The van der Waals surface area contributed by atoms with Crippen molar-refractivity contribution in [3.05, 3.63) is 47.3 Å². The summed E-state index contributed by atoms with van der Waals surface area (Å²) in [4.78, 5) is 2.28. The van der Waals surface area contributed by atoms with Crippen LogP contribution in [0.3, 0.4) is 0 Å². The Morgan fingerprint density at radius 2 is 1.95 bits per heavy atom. The number of aliphatic hydroxyl groups excluding tert-OH is 1. The maximum atomic E-state index is 9.63. The van der Waals surface area contributed by atoms with Crippen molar-refractivity contribution >= 4 is 0 Å². The summed E-state index contributed by atoms with van der Waals surface area (Å²) < 4.78 is 1.87. The van der Waals surface area contributed by atoms with E-state index in [2.05, 4.69) is 16.1 Å². The van der Waals surface area contributed by atoms with Gasteiger partial charge in [0.1, 0.15) is 6.07 Å². The van der Waals surface area contributed by atoms with Crippen molar-refractivity contribution in [1.29, 1.82) is 5.26 Å². The number of likely N-dealkylation sites (tertiary alicyclic amines) is 1. The molecule has 114 valence electrons. The summed E-state index contributed by atoms with van der Waals surface area (Å²) >= 11 is 0. The number of piperidine rings is 1. The lowest BCUT2D eigenvalue weighted by Crippen LogP contribution is -2.36. The topological polar surface area (TPSA) is 65.1 Å². The summed E-state index contributed by atoms with van der Waals surface area (Å²) in [5.74, 6) is 0. The molecule has 5 nitrogen and oxygen atoms in total. The van der Waals surface area contributed by atoms with Crippen LogP contribution < -0.4 is 0 Å². The third kappa shape index (κ3) is 2.89. The van der Waals surface area contributed by atoms with Crippen LogP contribution in [0.25, 0.3) is 5.69 Å². The quantitative estimate of drug-likeness (QED) is 0.941. The third-order valence-electron chi connectivity index (χ3n) is 4.20. The number of aryl methyl sites for hydroxylation is 1. The van der Waals surface area contributed by atoms with Gasteiger partial charge in [-0.25, -0.2) is 4.68 Å². The van der Waals surface area contributed by atoms with Crippen molar-refractivity contribution in [2.24, 2.45) is 0 Å². The summed E-state index contributed by atoms with van der Waals surface area (Å²) in [7, 11) is 0. The lowest BCUT2D eigenvalue weighted by molar-refractivity contribution is 0.0783. The highest BCUT2D eigenvalue weighted by Crippen LogP contribution is 2.21. The molecule has 5 heteroatoms. The van der Waals surface area contributed by atoms with Gasteiger partial charge in [0.15, 0.2) is 0 Å². The maximum Gasteiger partial charge on any atom is 0.103 e. The summed E-state index contributed by atoms with van der Waals surface area (Å²) in [6, 6.07) is 12.2. The highest BCUT2D eigenvalue weighted by Gasteiger charge is 2.22. The molecular formula is C17H20N4O. The Hall–Kier alpha value is -2.16. The molecular weight excluding hydrogens is 276 g/mol. The van der Waals surface area contributed by atoms with Crippen molar-refractivity contribution in [3.8, 4) is 11.8 Å². The van der Waals surface area contributed by atoms with Crippen LogP contribution in [0, 0.1) is 18.3 Å². The standard InChI is InChI=1S/C17H20N4O/c1-13-16(11-18)17(12-20-9-7-15(22)8-10-20)21(19-13)14-5-3-2-4-6-14/h2-6,15,22H,7-10,12H2,1H3. The molecule has 22 heavy (non-hydrogen) atoms. The van der Waals surface area contributed by atoms with Gasteiger partial charge >= 0.3 is 0 Å². The zero-order chi connectivity index (χ0) is 15.5. The van der Waals surface area contributed by atoms with Gasteiger partial charge in [-0.3, -0.25) is 4.90 Å². The van der Waals surface area contributed by atoms with Crippen molar-refractivity contribution in [3.63, 3.8) is 0 Å². The molecule has 1 aliphatic heterocycles. The first-order valence-corrected chi connectivity index (χ1v) is 7.63. The first-order chi connectivity index (χ1) is 10.7. The number of benzene rings is 1. The first kappa shape index (κ1) is 14.8. The molecule has 0 bridgehead atoms. The van der Waals surface area contributed by atoms with Crippen molar-refractivity contribution in [1.82, 2.24) is 14.7 Å². The van der Waals surface area contributed by atoms with E-state index in [-0.39, 0.29) is 6.10 Å². The Morgan fingerprint density at radius 3 is 2.59 bits per heavy atom. The number of hydrogen-bond donors (Lipinski definition) is 1. The summed E-state index contributed by atoms with van der Waals surface area (Å²) in [6.45, 7) is 4.27. The maximum absolute atomic E-state index is 9.63. The van der Waals surface area contributed by atoms with Crippen LogP contribution >= 0.6 is 0 Å². The molecule has 3 rings (SSSR count).